The number of ether oxygens (including phenoxy) is 2. The summed E-state index contributed by atoms with van der Waals surface area (Å²) in [6.45, 7) is 9.49. The van der Waals surface area contributed by atoms with Gasteiger partial charge in [-0.3, -0.25) is 9.89 Å². The molecule has 27 heavy (non-hydrogen) atoms. The summed E-state index contributed by atoms with van der Waals surface area (Å²) in [6.07, 6.45) is 1.47. The van der Waals surface area contributed by atoms with Crippen molar-refractivity contribution in [1.82, 2.24) is 15.1 Å². The van der Waals surface area contributed by atoms with E-state index in [4.69, 9.17) is 9.47 Å². The van der Waals surface area contributed by atoms with Crippen LogP contribution in [0.2, 0.25) is 0 Å². The maximum Gasteiger partial charge on any atom is 0.193 e. The van der Waals surface area contributed by atoms with Crippen molar-refractivity contribution in [1.29, 1.82) is 0 Å². The first-order valence-electron chi connectivity index (χ1n) is 10.1. The lowest BCUT2D eigenvalue weighted by Gasteiger charge is -2.31. The van der Waals surface area contributed by atoms with E-state index in [-0.39, 0.29) is 0 Å². The van der Waals surface area contributed by atoms with Crippen molar-refractivity contribution < 1.29 is 9.47 Å². The standard InChI is InChI=1S/C21H34N4O2/c1-17-13-25(8-10-27-17)15-19-6-4-5-18(11-19)12-23-21(22-2)24(3)14-20-7-9-26-16-20/h4-6,11,17,20H,7-10,12-16H2,1-3H3,(H,22,23). The molecule has 2 heterocycles. The topological polar surface area (TPSA) is 49.3 Å². The van der Waals surface area contributed by atoms with E-state index in [0.717, 1.165) is 64.9 Å². The van der Waals surface area contributed by atoms with Gasteiger partial charge < -0.3 is 19.7 Å². The number of rotatable bonds is 6. The fourth-order valence-corrected chi connectivity index (χ4v) is 3.90. The van der Waals surface area contributed by atoms with E-state index in [2.05, 4.69) is 58.3 Å². The van der Waals surface area contributed by atoms with Crippen LogP contribution in [-0.2, 0) is 22.6 Å². The van der Waals surface area contributed by atoms with Gasteiger partial charge in [-0.15, -0.1) is 0 Å². The zero-order valence-corrected chi connectivity index (χ0v) is 17.0. The molecule has 0 aliphatic carbocycles. The molecule has 3 rings (SSSR count). The lowest BCUT2D eigenvalue weighted by Crippen LogP contribution is -2.41. The molecule has 6 heteroatoms. The normalized spacial score (nSPS) is 24.2. The Labute approximate surface area is 163 Å². The van der Waals surface area contributed by atoms with Gasteiger partial charge in [0.2, 0.25) is 0 Å². The SMILES string of the molecule is CN=C(NCc1cccc(CN2CCOC(C)C2)c1)N(C)CC1CCOC1. The van der Waals surface area contributed by atoms with E-state index in [1.165, 1.54) is 11.1 Å². The van der Waals surface area contributed by atoms with Crippen LogP contribution in [0, 0.1) is 5.92 Å². The maximum atomic E-state index is 5.64. The number of nitrogens with zero attached hydrogens (tertiary/aromatic N) is 3. The average molecular weight is 375 g/mol. The predicted molar refractivity (Wildman–Crippen MR) is 109 cm³/mol. The minimum Gasteiger partial charge on any atom is -0.381 e. The third kappa shape index (κ3) is 6.19. The summed E-state index contributed by atoms with van der Waals surface area (Å²) in [4.78, 5) is 9.11. The first-order valence-corrected chi connectivity index (χ1v) is 10.1. The van der Waals surface area contributed by atoms with Crippen molar-refractivity contribution in [3.05, 3.63) is 35.4 Å². The molecule has 2 fully saturated rings. The molecule has 1 aromatic carbocycles. The number of morpholine rings is 1. The smallest absolute Gasteiger partial charge is 0.193 e. The molecule has 0 bridgehead atoms. The molecule has 0 spiro atoms. The van der Waals surface area contributed by atoms with Crippen molar-refractivity contribution in [2.45, 2.75) is 32.5 Å². The molecule has 1 N–H and O–H groups in total. The van der Waals surface area contributed by atoms with Crippen molar-refractivity contribution in [2.75, 3.05) is 53.6 Å². The van der Waals surface area contributed by atoms with Crippen molar-refractivity contribution >= 4 is 5.96 Å². The number of hydrogen-bond acceptors (Lipinski definition) is 4. The highest BCUT2D eigenvalue weighted by Crippen LogP contribution is 2.14. The van der Waals surface area contributed by atoms with Crippen LogP contribution in [0.5, 0.6) is 0 Å². The fourth-order valence-electron chi connectivity index (χ4n) is 3.90. The quantitative estimate of drug-likeness (QED) is 0.609. The van der Waals surface area contributed by atoms with E-state index in [0.29, 0.717) is 12.0 Å². The molecule has 150 valence electrons. The fraction of sp³-hybridized carbons (Fsp3) is 0.667. The summed E-state index contributed by atoms with van der Waals surface area (Å²) >= 11 is 0. The van der Waals surface area contributed by atoms with Gasteiger partial charge in [0.25, 0.3) is 0 Å². The van der Waals surface area contributed by atoms with E-state index in [9.17, 15) is 0 Å². The largest absolute Gasteiger partial charge is 0.381 e. The summed E-state index contributed by atoms with van der Waals surface area (Å²) < 4.78 is 11.1. The monoisotopic (exact) mass is 374 g/mol. The first kappa shape index (κ1) is 20.1. The highest BCUT2D eigenvalue weighted by atomic mass is 16.5. The molecule has 2 atom stereocenters. The molecule has 6 nitrogen and oxygen atoms in total. The summed E-state index contributed by atoms with van der Waals surface area (Å²) in [5, 5.41) is 3.50. The third-order valence-corrected chi connectivity index (χ3v) is 5.30. The van der Waals surface area contributed by atoms with Gasteiger partial charge in [0.1, 0.15) is 0 Å². The first-order chi connectivity index (χ1) is 13.1. The predicted octanol–water partition coefficient (Wildman–Crippen LogP) is 1.95. The Hall–Kier alpha value is -1.63. The highest BCUT2D eigenvalue weighted by molar-refractivity contribution is 5.79. The summed E-state index contributed by atoms with van der Waals surface area (Å²) in [5.74, 6) is 1.54. The van der Waals surface area contributed by atoms with Gasteiger partial charge in [-0.25, -0.2) is 0 Å². The molecule has 0 radical (unpaired) electrons. The van der Waals surface area contributed by atoms with Crippen LogP contribution in [-0.4, -0.2) is 75.4 Å². The van der Waals surface area contributed by atoms with Crippen LogP contribution in [0.1, 0.15) is 24.5 Å². The Morgan fingerprint density at radius 2 is 2.19 bits per heavy atom. The van der Waals surface area contributed by atoms with Gasteiger partial charge in [-0.2, -0.15) is 0 Å². The van der Waals surface area contributed by atoms with Gasteiger partial charge >= 0.3 is 0 Å². The van der Waals surface area contributed by atoms with E-state index >= 15 is 0 Å². The lowest BCUT2D eigenvalue weighted by atomic mass is 10.1. The Morgan fingerprint density at radius 3 is 2.93 bits per heavy atom. The van der Waals surface area contributed by atoms with Gasteiger partial charge in [0.05, 0.1) is 19.3 Å². The van der Waals surface area contributed by atoms with Crippen molar-refractivity contribution in [3.63, 3.8) is 0 Å². The molecular weight excluding hydrogens is 340 g/mol. The molecule has 1 aromatic rings. The molecular formula is C21H34N4O2. The van der Waals surface area contributed by atoms with Crippen molar-refractivity contribution in [3.8, 4) is 0 Å². The maximum absolute atomic E-state index is 5.64. The Kier molecular flexibility index (Phi) is 7.50. The van der Waals surface area contributed by atoms with E-state index < -0.39 is 0 Å². The number of guanidine groups is 1. The second-order valence-corrected chi connectivity index (χ2v) is 7.75. The van der Waals surface area contributed by atoms with Crippen LogP contribution in [0.15, 0.2) is 29.3 Å². The summed E-state index contributed by atoms with van der Waals surface area (Å²) in [6, 6.07) is 8.84. The van der Waals surface area contributed by atoms with Gasteiger partial charge in [-0.1, -0.05) is 24.3 Å². The molecule has 0 amide bonds. The summed E-state index contributed by atoms with van der Waals surface area (Å²) in [5.41, 5.74) is 2.64. The molecule has 0 aromatic heterocycles. The van der Waals surface area contributed by atoms with Crippen LogP contribution in [0.25, 0.3) is 0 Å². The highest BCUT2D eigenvalue weighted by Gasteiger charge is 2.19. The minimum atomic E-state index is 0.327. The molecule has 2 unspecified atom stereocenters. The molecule has 2 aliphatic rings. The van der Waals surface area contributed by atoms with Crippen LogP contribution in [0.4, 0.5) is 0 Å². The number of benzene rings is 1. The summed E-state index contributed by atoms with van der Waals surface area (Å²) in [7, 11) is 3.95. The second-order valence-electron chi connectivity index (χ2n) is 7.75. The lowest BCUT2D eigenvalue weighted by molar-refractivity contribution is -0.0212. The Morgan fingerprint density at radius 1 is 1.33 bits per heavy atom. The van der Waals surface area contributed by atoms with E-state index in [1.54, 1.807) is 0 Å². The van der Waals surface area contributed by atoms with Crippen LogP contribution in [0.3, 0.4) is 0 Å². The van der Waals surface area contributed by atoms with Gasteiger partial charge in [-0.05, 0) is 24.5 Å². The number of aliphatic imine (C=N–C) groups is 1. The second kappa shape index (κ2) is 10.1. The van der Waals surface area contributed by atoms with Crippen LogP contribution < -0.4 is 5.32 Å². The Balaban J connectivity index is 1.50. The van der Waals surface area contributed by atoms with E-state index in [1.807, 2.05) is 7.05 Å². The number of hydrogen-bond donors (Lipinski definition) is 1. The number of nitrogens with one attached hydrogen (secondary N) is 1. The molecule has 0 saturated carbocycles. The third-order valence-electron chi connectivity index (χ3n) is 5.30. The van der Waals surface area contributed by atoms with Gasteiger partial charge in [0.15, 0.2) is 5.96 Å². The zero-order chi connectivity index (χ0) is 19.1. The molecule has 2 saturated heterocycles. The van der Waals surface area contributed by atoms with Gasteiger partial charge in [0, 0.05) is 59.3 Å². The average Bonchev–Trinajstić information content (AvgIpc) is 3.15. The van der Waals surface area contributed by atoms with Crippen LogP contribution >= 0.6 is 0 Å². The minimum absolute atomic E-state index is 0.327. The van der Waals surface area contributed by atoms with Crippen molar-refractivity contribution in [2.24, 2.45) is 10.9 Å². The Bertz CT molecular complexity index is 616. The zero-order valence-electron chi connectivity index (χ0n) is 17.0. The molecule has 2 aliphatic heterocycles.